The molecule has 0 fully saturated rings. The highest BCUT2D eigenvalue weighted by molar-refractivity contribution is 7.17. The topological polar surface area (TPSA) is 37.8 Å². The average Bonchev–Trinajstić information content (AvgIpc) is 3.14. The molecule has 1 atom stereocenters. The minimum absolute atomic E-state index is 0.376. The van der Waals surface area contributed by atoms with Gasteiger partial charge in [0.25, 0.3) is 0 Å². The number of rotatable bonds is 5. The molecule has 0 spiro atoms. The first-order chi connectivity index (χ1) is 12.8. The van der Waals surface area contributed by atoms with Gasteiger partial charge in [-0.2, -0.15) is 0 Å². The van der Waals surface area contributed by atoms with E-state index in [4.69, 9.17) is 0 Å². The zero-order valence-corrected chi connectivity index (χ0v) is 15.8. The van der Waals surface area contributed by atoms with Gasteiger partial charge in [0.2, 0.25) is 0 Å². The van der Waals surface area contributed by atoms with Gasteiger partial charge in [-0.3, -0.25) is 0 Å². The monoisotopic (exact) mass is 359 g/mol. The number of aromatic nitrogens is 2. The van der Waals surface area contributed by atoms with Crippen molar-refractivity contribution in [1.29, 1.82) is 0 Å². The summed E-state index contributed by atoms with van der Waals surface area (Å²) in [4.78, 5) is 9.98. The lowest BCUT2D eigenvalue weighted by Crippen LogP contribution is -2.14. The second-order valence-corrected chi connectivity index (χ2v) is 7.31. The predicted molar refractivity (Wildman–Crippen MR) is 112 cm³/mol. The standard InChI is InChI=1S/C22H21N3S/c1-3-15(2)25-21-20-19(13-26-22(20)24-14-23-21)18-11-9-17(10-12-18)16-7-5-4-6-8-16/h4-15H,3H2,1-2H3,(H,23,24,25). The van der Waals surface area contributed by atoms with E-state index in [0.29, 0.717) is 6.04 Å². The van der Waals surface area contributed by atoms with Crippen molar-refractivity contribution < 1.29 is 0 Å². The van der Waals surface area contributed by atoms with Gasteiger partial charge >= 0.3 is 0 Å². The van der Waals surface area contributed by atoms with Crippen molar-refractivity contribution in [1.82, 2.24) is 9.97 Å². The van der Waals surface area contributed by atoms with Crippen LogP contribution >= 0.6 is 11.3 Å². The quantitative estimate of drug-likeness (QED) is 0.458. The zero-order valence-electron chi connectivity index (χ0n) is 14.9. The molecule has 1 unspecified atom stereocenters. The molecule has 0 saturated heterocycles. The van der Waals surface area contributed by atoms with Crippen molar-refractivity contribution in [3.8, 4) is 22.3 Å². The summed E-state index contributed by atoms with van der Waals surface area (Å²) in [5, 5.41) is 6.82. The minimum atomic E-state index is 0.376. The molecule has 3 nitrogen and oxygen atoms in total. The maximum absolute atomic E-state index is 4.50. The van der Waals surface area contributed by atoms with Gasteiger partial charge in [0, 0.05) is 17.0 Å². The van der Waals surface area contributed by atoms with Gasteiger partial charge in [0.05, 0.1) is 5.39 Å². The molecule has 0 radical (unpaired) electrons. The highest BCUT2D eigenvalue weighted by Crippen LogP contribution is 2.37. The Hall–Kier alpha value is -2.72. The first-order valence-corrected chi connectivity index (χ1v) is 9.79. The zero-order chi connectivity index (χ0) is 17.9. The summed E-state index contributed by atoms with van der Waals surface area (Å²) in [5.41, 5.74) is 4.84. The van der Waals surface area contributed by atoms with E-state index in [-0.39, 0.29) is 0 Å². The number of nitrogens with one attached hydrogen (secondary N) is 1. The lowest BCUT2D eigenvalue weighted by atomic mass is 10.0. The van der Waals surface area contributed by atoms with Crippen molar-refractivity contribution >= 4 is 27.4 Å². The molecule has 0 bridgehead atoms. The summed E-state index contributed by atoms with van der Waals surface area (Å²) in [6.07, 6.45) is 2.70. The molecule has 4 heteroatoms. The normalized spacial score (nSPS) is 12.2. The van der Waals surface area contributed by atoms with Crippen LogP contribution in [0.2, 0.25) is 0 Å². The molecule has 0 saturated carbocycles. The lowest BCUT2D eigenvalue weighted by molar-refractivity contribution is 0.760. The second kappa shape index (κ2) is 7.26. The van der Waals surface area contributed by atoms with E-state index in [2.05, 4.69) is 83.0 Å². The van der Waals surface area contributed by atoms with Crippen molar-refractivity contribution in [2.24, 2.45) is 0 Å². The second-order valence-electron chi connectivity index (χ2n) is 6.45. The predicted octanol–water partition coefficient (Wildman–Crippen LogP) is 6.24. The third kappa shape index (κ3) is 3.20. The number of benzene rings is 2. The summed E-state index contributed by atoms with van der Waals surface area (Å²) in [5.74, 6) is 0.924. The Kier molecular flexibility index (Phi) is 4.67. The Bertz CT molecular complexity index is 1010. The SMILES string of the molecule is CCC(C)Nc1ncnc2scc(-c3ccc(-c4ccccc4)cc3)c12. The van der Waals surface area contributed by atoms with Crippen molar-refractivity contribution in [3.63, 3.8) is 0 Å². The summed E-state index contributed by atoms with van der Waals surface area (Å²) >= 11 is 1.67. The fourth-order valence-corrected chi connectivity index (χ4v) is 3.92. The van der Waals surface area contributed by atoms with Gasteiger partial charge in [-0.05, 0) is 30.0 Å². The average molecular weight is 359 g/mol. The van der Waals surface area contributed by atoms with Crippen molar-refractivity contribution in [2.75, 3.05) is 5.32 Å². The number of anilines is 1. The third-order valence-electron chi connectivity index (χ3n) is 4.67. The van der Waals surface area contributed by atoms with Gasteiger partial charge in [-0.1, -0.05) is 61.5 Å². The summed E-state index contributed by atoms with van der Waals surface area (Å²) in [7, 11) is 0. The van der Waals surface area contributed by atoms with E-state index in [9.17, 15) is 0 Å². The van der Waals surface area contributed by atoms with E-state index in [1.54, 1.807) is 17.7 Å². The van der Waals surface area contributed by atoms with E-state index >= 15 is 0 Å². The molecule has 130 valence electrons. The number of thiophene rings is 1. The first kappa shape index (κ1) is 16.7. The van der Waals surface area contributed by atoms with E-state index in [0.717, 1.165) is 22.5 Å². The van der Waals surface area contributed by atoms with Crippen LogP contribution in [-0.4, -0.2) is 16.0 Å². The highest BCUT2D eigenvalue weighted by Gasteiger charge is 2.14. The van der Waals surface area contributed by atoms with Crippen LogP contribution in [0.5, 0.6) is 0 Å². The largest absolute Gasteiger partial charge is 0.367 e. The Morgan fingerprint density at radius 2 is 1.62 bits per heavy atom. The van der Waals surface area contributed by atoms with Crippen LogP contribution in [0.1, 0.15) is 20.3 Å². The molecule has 2 aromatic heterocycles. The Morgan fingerprint density at radius 1 is 0.923 bits per heavy atom. The van der Waals surface area contributed by atoms with Crippen LogP contribution < -0.4 is 5.32 Å². The van der Waals surface area contributed by atoms with Gasteiger partial charge in [0.15, 0.2) is 0 Å². The first-order valence-electron chi connectivity index (χ1n) is 8.91. The summed E-state index contributed by atoms with van der Waals surface area (Å²) < 4.78 is 0. The van der Waals surface area contributed by atoms with Crippen molar-refractivity contribution in [2.45, 2.75) is 26.3 Å². The van der Waals surface area contributed by atoms with E-state index in [1.165, 1.54) is 22.3 Å². The van der Waals surface area contributed by atoms with Crippen LogP contribution in [0.4, 0.5) is 5.82 Å². The van der Waals surface area contributed by atoms with E-state index in [1.807, 2.05) is 6.07 Å². The molecule has 26 heavy (non-hydrogen) atoms. The fourth-order valence-electron chi connectivity index (χ4n) is 3.01. The summed E-state index contributed by atoms with van der Waals surface area (Å²) in [6, 6.07) is 19.6. The number of nitrogens with zero attached hydrogens (tertiary/aromatic N) is 2. The molecule has 4 rings (SSSR count). The van der Waals surface area contributed by atoms with Gasteiger partial charge in [-0.15, -0.1) is 11.3 Å². The molecule has 0 amide bonds. The van der Waals surface area contributed by atoms with Gasteiger partial charge in [0.1, 0.15) is 17.0 Å². The highest BCUT2D eigenvalue weighted by atomic mass is 32.1. The van der Waals surface area contributed by atoms with Gasteiger partial charge < -0.3 is 5.32 Å². The van der Waals surface area contributed by atoms with Crippen LogP contribution in [0.3, 0.4) is 0 Å². The third-order valence-corrected chi connectivity index (χ3v) is 5.56. The van der Waals surface area contributed by atoms with Gasteiger partial charge in [-0.25, -0.2) is 9.97 Å². The Balaban J connectivity index is 1.75. The molecular weight excluding hydrogens is 338 g/mol. The number of fused-ring (bicyclic) bond motifs is 1. The molecule has 4 aromatic rings. The lowest BCUT2D eigenvalue weighted by Gasteiger charge is -2.13. The molecule has 0 aliphatic rings. The smallest absolute Gasteiger partial charge is 0.139 e. The maximum atomic E-state index is 4.50. The van der Waals surface area contributed by atoms with Crippen LogP contribution in [-0.2, 0) is 0 Å². The van der Waals surface area contributed by atoms with Crippen molar-refractivity contribution in [3.05, 3.63) is 66.3 Å². The molecule has 2 heterocycles. The molecule has 1 N–H and O–H groups in total. The van der Waals surface area contributed by atoms with E-state index < -0.39 is 0 Å². The van der Waals surface area contributed by atoms with Crippen LogP contribution in [0.15, 0.2) is 66.3 Å². The molecule has 0 aliphatic heterocycles. The number of hydrogen-bond acceptors (Lipinski definition) is 4. The number of hydrogen-bond donors (Lipinski definition) is 1. The molecular formula is C22H21N3S. The molecule has 0 aliphatic carbocycles. The Labute approximate surface area is 157 Å². The summed E-state index contributed by atoms with van der Waals surface area (Å²) in [6.45, 7) is 4.35. The maximum Gasteiger partial charge on any atom is 0.139 e. The minimum Gasteiger partial charge on any atom is -0.367 e. The molecule has 2 aromatic carbocycles. The fraction of sp³-hybridized carbons (Fsp3) is 0.182. The Morgan fingerprint density at radius 3 is 2.35 bits per heavy atom. The van der Waals surface area contributed by atoms with Crippen LogP contribution in [0, 0.1) is 0 Å². The van der Waals surface area contributed by atoms with Crippen LogP contribution in [0.25, 0.3) is 32.5 Å².